The van der Waals surface area contributed by atoms with Crippen molar-refractivity contribution in [2.24, 2.45) is 4.99 Å². The monoisotopic (exact) mass is 157 g/mol. The molecule has 0 atom stereocenters. The SMILES string of the molecule is CC/C=C/C=C(Cl)\C=N/C. The summed E-state index contributed by atoms with van der Waals surface area (Å²) in [7, 11) is 1.69. The van der Waals surface area contributed by atoms with Crippen molar-refractivity contribution in [2.75, 3.05) is 7.05 Å². The quantitative estimate of drug-likeness (QED) is 0.441. The number of aliphatic imine (C=N–C) groups is 1. The van der Waals surface area contributed by atoms with Gasteiger partial charge in [0.05, 0.1) is 5.03 Å². The molecule has 2 heteroatoms. The summed E-state index contributed by atoms with van der Waals surface area (Å²) >= 11 is 5.68. The van der Waals surface area contributed by atoms with Crippen molar-refractivity contribution >= 4 is 17.8 Å². The van der Waals surface area contributed by atoms with E-state index >= 15 is 0 Å². The molecule has 0 fully saturated rings. The zero-order valence-electron chi connectivity index (χ0n) is 6.34. The smallest absolute Gasteiger partial charge is 0.0584 e. The van der Waals surface area contributed by atoms with Gasteiger partial charge in [0, 0.05) is 13.3 Å². The highest BCUT2D eigenvalue weighted by Gasteiger charge is 1.78. The van der Waals surface area contributed by atoms with Crippen LogP contribution >= 0.6 is 11.6 Å². The number of rotatable bonds is 3. The molecule has 0 aromatic heterocycles. The van der Waals surface area contributed by atoms with E-state index in [4.69, 9.17) is 11.6 Å². The van der Waals surface area contributed by atoms with Gasteiger partial charge < -0.3 is 0 Å². The predicted molar refractivity (Wildman–Crippen MR) is 47.8 cm³/mol. The van der Waals surface area contributed by atoms with E-state index in [1.54, 1.807) is 13.3 Å². The van der Waals surface area contributed by atoms with Crippen molar-refractivity contribution in [3.05, 3.63) is 23.3 Å². The van der Waals surface area contributed by atoms with Gasteiger partial charge in [-0.05, 0) is 12.5 Å². The first kappa shape index (κ1) is 9.44. The van der Waals surface area contributed by atoms with Gasteiger partial charge in [0.15, 0.2) is 0 Å². The van der Waals surface area contributed by atoms with Crippen LogP contribution in [0.3, 0.4) is 0 Å². The van der Waals surface area contributed by atoms with Gasteiger partial charge in [0.25, 0.3) is 0 Å². The largest absolute Gasteiger partial charge is 0.295 e. The summed E-state index contributed by atoms with van der Waals surface area (Å²) in [6, 6.07) is 0. The zero-order valence-corrected chi connectivity index (χ0v) is 7.10. The van der Waals surface area contributed by atoms with Gasteiger partial charge in [0.1, 0.15) is 0 Å². The van der Waals surface area contributed by atoms with Crippen LogP contribution in [0.5, 0.6) is 0 Å². The van der Waals surface area contributed by atoms with Crippen molar-refractivity contribution in [2.45, 2.75) is 13.3 Å². The van der Waals surface area contributed by atoms with Crippen LogP contribution in [0.2, 0.25) is 0 Å². The van der Waals surface area contributed by atoms with Crippen molar-refractivity contribution in [1.29, 1.82) is 0 Å². The Bertz CT molecular complexity index is 157. The first-order valence-electron chi connectivity index (χ1n) is 3.25. The minimum atomic E-state index is 0.659. The standard InChI is InChI=1S/C8H12ClN/c1-3-4-5-6-8(9)7-10-2/h4-7H,3H2,1-2H3/b5-4+,8-6+,10-7-. The lowest BCUT2D eigenvalue weighted by Gasteiger charge is -1.81. The van der Waals surface area contributed by atoms with Gasteiger partial charge >= 0.3 is 0 Å². The van der Waals surface area contributed by atoms with E-state index in [0.29, 0.717) is 5.03 Å². The molecule has 0 aromatic carbocycles. The number of nitrogens with zero attached hydrogens (tertiary/aromatic N) is 1. The Balaban J connectivity index is 3.79. The van der Waals surface area contributed by atoms with Crippen LogP contribution < -0.4 is 0 Å². The predicted octanol–water partition coefficient (Wildman–Crippen LogP) is 2.78. The van der Waals surface area contributed by atoms with Crippen LogP contribution in [0.15, 0.2) is 28.3 Å². The normalized spacial score (nSPS) is 13.7. The van der Waals surface area contributed by atoms with Gasteiger partial charge in [-0.3, -0.25) is 4.99 Å². The van der Waals surface area contributed by atoms with E-state index in [1.165, 1.54) is 0 Å². The first-order valence-corrected chi connectivity index (χ1v) is 3.63. The molecule has 0 unspecified atom stereocenters. The lowest BCUT2D eigenvalue weighted by molar-refractivity contribution is 1.22. The fraction of sp³-hybridized carbons (Fsp3) is 0.375. The lowest BCUT2D eigenvalue weighted by Crippen LogP contribution is -1.70. The molecule has 0 aliphatic rings. The zero-order chi connectivity index (χ0) is 7.82. The van der Waals surface area contributed by atoms with Gasteiger partial charge in [-0.15, -0.1) is 0 Å². The molecule has 0 saturated heterocycles. The molecular weight excluding hydrogens is 146 g/mol. The molecule has 10 heavy (non-hydrogen) atoms. The second-order valence-electron chi connectivity index (χ2n) is 1.78. The van der Waals surface area contributed by atoms with Crippen LogP contribution in [0.25, 0.3) is 0 Å². The molecule has 0 saturated carbocycles. The Hall–Kier alpha value is -0.560. The summed E-state index contributed by atoms with van der Waals surface area (Å²) in [6.45, 7) is 2.08. The van der Waals surface area contributed by atoms with Gasteiger partial charge in [-0.1, -0.05) is 30.7 Å². The van der Waals surface area contributed by atoms with Gasteiger partial charge in [-0.25, -0.2) is 0 Å². The summed E-state index contributed by atoms with van der Waals surface area (Å²) in [4.78, 5) is 3.76. The average molecular weight is 158 g/mol. The third-order valence-corrected chi connectivity index (χ3v) is 1.10. The fourth-order valence-electron chi connectivity index (χ4n) is 0.462. The molecule has 0 amide bonds. The number of halogens is 1. The number of allylic oxidation sites excluding steroid dienone is 4. The molecule has 0 spiro atoms. The summed E-state index contributed by atoms with van der Waals surface area (Å²) < 4.78 is 0. The summed E-state index contributed by atoms with van der Waals surface area (Å²) in [5.41, 5.74) is 0. The van der Waals surface area contributed by atoms with Crippen molar-refractivity contribution in [3.63, 3.8) is 0 Å². The molecule has 0 radical (unpaired) electrons. The second-order valence-corrected chi connectivity index (χ2v) is 2.21. The fourth-order valence-corrected chi connectivity index (χ4v) is 0.633. The number of hydrogen-bond donors (Lipinski definition) is 0. The molecule has 0 aliphatic heterocycles. The van der Waals surface area contributed by atoms with Crippen LogP contribution in [-0.2, 0) is 0 Å². The minimum absolute atomic E-state index is 0.659. The van der Waals surface area contributed by atoms with Gasteiger partial charge in [0.2, 0.25) is 0 Å². The molecule has 0 rings (SSSR count). The van der Waals surface area contributed by atoms with E-state index in [1.807, 2.05) is 18.2 Å². The van der Waals surface area contributed by atoms with E-state index in [9.17, 15) is 0 Å². The maximum absolute atomic E-state index is 5.68. The topological polar surface area (TPSA) is 12.4 Å². The highest BCUT2D eigenvalue weighted by molar-refractivity contribution is 6.39. The maximum Gasteiger partial charge on any atom is 0.0584 e. The molecule has 0 N–H and O–H groups in total. The van der Waals surface area contributed by atoms with E-state index in [-0.39, 0.29) is 0 Å². The number of hydrogen-bond acceptors (Lipinski definition) is 1. The molecule has 0 aliphatic carbocycles. The van der Waals surface area contributed by atoms with Crippen LogP contribution in [0, 0.1) is 0 Å². The Morgan fingerprint density at radius 3 is 2.80 bits per heavy atom. The lowest BCUT2D eigenvalue weighted by atomic mass is 10.4. The Labute approximate surface area is 67.1 Å². The summed E-state index contributed by atoms with van der Waals surface area (Å²) in [5, 5.41) is 0.659. The van der Waals surface area contributed by atoms with Crippen molar-refractivity contribution in [1.82, 2.24) is 0 Å². The third-order valence-electron chi connectivity index (χ3n) is 0.880. The highest BCUT2D eigenvalue weighted by atomic mass is 35.5. The summed E-state index contributed by atoms with van der Waals surface area (Å²) in [6.07, 6.45) is 8.42. The molecule has 56 valence electrons. The van der Waals surface area contributed by atoms with Crippen molar-refractivity contribution < 1.29 is 0 Å². The van der Waals surface area contributed by atoms with Crippen LogP contribution in [0.4, 0.5) is 0 Å². The second kappa shape index (κ2) is 6.56. The highest BCUT2D eigenvalue weighted by Crippen LogP contribution is 1.96. The first-order chi connectivity index (χ1) is 4.81. The third kappa shape index (κ3) is 5.57. The minimum Gasteiger partial charge on any atom is -0.295 e. The molecular formula is C8H12ClN. The van der Waals surface area contributed by atoms with E-state index in [0.717, 1.165) is 6.42 Å². The molecule has 0 heterocycles. The molecule has 1 nitrogen and oxygen atoms in total. The van der Waals surface area contributed by atoms with Crippen LogP contribution in [0.1, 0.15) is 13.3 Å². The van der Waals surface area contributed by atoms with E-state index < -0.39 is 0 Å². The Morgan fingerprint density at radius 2 is 2.30 bits per heavy atom. The average Bonchev–Trinajstić information content (AvgIpc) is 1.89. The Kier molecular flexibility index (Phi) is 6.19. The maximum atomic E-state index is 5.68. The van der Waals surface area contributed by atoms with Crippen molar-refractivity contribution in [3.8, 4) is 0 Å². The summed E-state index contributed by atoms with van der Waals surface area (Å²) in [5.74, 6) is 0. The van der Waals surface area contributed by atoms with Crippen LogP contribution in [-0.4, -0.2) is 13.3 Å². The molecule has 0 aromatic rings. The van der Waals surface area contributed by atoms with E-state index in [2.05, 4.69) is 11.9 Å². The Morgan fingerprint density at radius 1 is 1.60 bits per heavy atom. The molecule has 0 bridgehead atoms. The van der Waals surface area contributed by atoms with Gasteiger partial charge in [-0.2, -0.15) is 0 Å².